The maximum Gasteiger partial charge on any atom is 0.242 e. The van der Waals surface area contributed by atoms with E-state index in [1.165, 1.54) is 19.1 Å². The molecule has 0 bridgehead atoms. The number of rotatable bonds is 3. The summed E-state index contributed by atoms with van der Waals surface area (Å²) in [6.07, 6.45) is 0.970. The lowest BCUT2D eigenvalue weighted by molar-refractivity contribution is -0.115. The lowest BCUT2D eigenvalue weighted by Gasteiger charge is -2.11. The molecule has 0 aliphatic heterocycles. The highest BCUT2D eigenvalue weighted by atomic mass is 79.9. The Labute approximate surface area is 107 Å². The summed E-state index contributed by atoms with van der Waals surface area (Å²) < 4.78 is 35.8. The van der Waals surface area contributed by atoms with Crippen LogP contribution < -0.4 is 5.32 Å². The summed E-state index contributed by atoms with van der Waals surface area (Å²) in [5, 5.41) is 1.17. The Kier molecular flexibility index (Phi) is 4.26. The van der Waals surface area contributed by atoms with Gasteiger partial charge in [0.25, 0.3) is 0 Å². The first-order valence-electron chi connectivity index (χ1n) is 4.66. The van der Waals surface area contributed by atoms with Crippen LogP contribution in [0.5, 0.6) is 0 Å². The minimum atomic E-state index is -3.47. The van der Waals surface area contributed by atoms with Crippen molar-refractivity contribution in [2.45, 2.75) is 12.2 Å². The van der Waals surface area contributed by atoms with Crippen molar-refractivity contribution in [1.29, 1.82) is 0 Å². The largest absolute Gasteiger partial charge is 0.324 e. The van der Waals surface area contributed by atoms with E-state index in [4.69, 9.17) is 0 Å². The van der Waals surface area contributed by atoms with Crippen molar-refractivity contribution in [1.82, 2.24) is 0 Å². The molecule has 0 aliphatic carbocycles. The summed E-state index contributed by atoms with van der Waals surface area (Å²) in [6.45, 7) is 1.28. The molecule has 0 heterocycles. The Bertz CT molecular complexity index is 544. The zero-order valence-electron chi connectivity index (χ0n) is 9.20. The van der Waals surface area contributed by atoms with Gasteiger partial charge in [-0.05, 0) is 41.1 Å². The van der Waals surface area contributed by atoms with Crippen LogP contribution in [0.3, 0.4) is 0 Å². The zero-order valence-corrected chi connectivity index (χ0v) is 11.6. The molecule has 7 heteroatoms. The molecule has 1 unspecified atom stereocenters. The molecule has 94 valence electrons. The highest BCUT2D eigenvalue weighted by Gasteiger charge is 2.24. The summed E-state index contributed by atoms with van der Waals surface area (Å²) in [4.78, 5) is 11.6. The second-order valence-electron chi connectivity index (χ2n) is 3.59. The number of benzene rings is 1. The van der Waals surface area contributed by atoms with Gasteiger partial charge >= 0.3 is 0 Å². The molecule has 1 atom stereocenters. The predicted molar refractivity (Wildman–Crippen MR) is 67.0 cm³/mol. The molecule has 1 rings (SSSR count). The lowest BCUT2D eigenvalue weighted by atomic mass is 10.3. The van der Waals surface area contributed by atoms with Gasteiger partial charge < -0.3 is 5.32 Å². The van der Waals surface area contributed by atoms with Gasteiger partial charge in [-0.25, -0.2) is 12.8 Å². The molecule has 0 radical (unpaired) electrons. The van der Waals surface area contributed by atoms with Crippen LogP contribution in [0.1, 0.15) is 6.92 Å². The normalized spacial score (nSPS) is 13.2. The Morgan fingerprint density at radius 2 is 2.06 bits per heavy atom. The van der Waals surface area contributed by atoms with Gasteiger partial charge in [-0.2, -0.15) is 0 Å². The Morgan fingerprint density at radius 1 is 1.47 bits per heavy atom. The molecular weight excluding hydrogens is 313 g/mol. The molecular formula is C10H11BrFNO3S. The third-order valence-electron chi connectivity index (χ3n) is 2.20. The third kappa shape index (κ3) is 3.78. The third-order valence-corrected chi connectivity index (χ3v) is 4.39. The minimum absolute atomic E-state index is 0.200. The van der Waals surface area contributed by atoms with Crippen molar-refractivity contribution in [2.75, 3.05) is 11.6 Å². The molecule has 1 aromatic carbocycles. The molecule has 0 saturated carbocycles. The van der Waals surface area contributed by atoms with Crippen molar-refractivity contribution in [3.8, 4) is 0 Å². The summed E-state index contributed by atoms with van der Waals surface area (Å²) in [7, 11) is -3.47. The van der Waals surface area contributed by atoms with E-state index in [0.717, 1.165) is 12.3 Å². The molecule has 0 aliphatic rings. The van der Waals surface area contributed by atoms with Gasteiger partial charge in [-0.15, -0.1) is 0 Å². The summed E-state index contributed by atoms with van der Waals surface area (Å²) >= 11 is 3.13. The SMILES string of the molecule is CC(C(=O)Nc1cc(F)ccc1Br)S(C)(=O)=O. The molecule has 0 fully saturated rings. The Hall–Kier alpha value is -0.950. The molecule has 17 heavy (non-hydrogen) atoms. The van der Waals surface area contributed by atoms with Crippen molar-refractivity contribution < 1.29 is 17.6 Å². The number of nitrogens with one attached hydrogen (secondary N) is 1. The summed E-state index contributed by atoms with van der Waals surface area (Å²) in [5.74, 6) is -1.21. The average Bonchev–Trinajstić information content (AvgIpc) is 2.21. The van der Waals surface area contributed by atoms with Gasteiger partial charge in [0.05, 0.1) is 5.69 Å². The van der Waals surface area contributed by atoms with Crippen LogP contribution in [0.2, 0.25) is 0 Å². The minimum Gasteiger partial charge on any atom is -0.324 e. The van der Waals surface area contributed by atoms with Crippen LogP contribution in [-0.4, -0.2) is 25.8 Å². The molecule has 1 aromatic rings. The van der Waals surface area contributed by atoms with E-state index in [-0.39, 0.29) is 5.69 Å². The zero-order chi connectivity index (χ0) is 13.2. The number of halogens is 2. The van der Waals surface area contributed by atoms with Crippen LogP contribution in [0, 0.1) is 5.82 Å². The summed E-state index contributed by atoms with van der Waals surface area (Å²) in [5.41, 5.74) is 0.200. The average molecular weight is 324 g/mol. The van der Waals surface area contributed by atoms with Crippen molar-refractivity contribution in [2.24, 2.45) is 0 Å². The monoisotopic (exact) mass is 323 g/mol. The number of hydrogen-bond donors (Lipinski definition) is 1. The number of amides is 1. The van der Waals surface area contributed by atoms with Gasteiger partial charge in [0.1, 0.15) is 11.1 Å². The van der Waals surface area contributed by atoms with Crippen LogP contribution in [0.25, 0.3) is 0 Å². The van der Waals surface area contributed by atoms with Crippen LogP contribution >= 0.6 is 15.9 Å². The molecule has 0 spiro atoms. The van der Waals surface area contributed by atoms with Crippen LogP contribution in [0.4, 0.5) is 10.1 Å². The van der Waals surface area contributed by atoms with Crippen LogP contribution in [0.15, 0.2) is 22.7 Å². The van der Waals surface area contributed by atoms with Gasteiger partial charge in [0.2, 0.25) is 5.91 Å². The number of carbonyl (C=O) groups excluding carboxylic acids is 1. The fraction of sp³-hybridized carbons (Fsp3) is 0.300. The molecule has 1 N–H and O–H groups in total. The van der Waals surface area contributed by atoms with Gasteiger partial charge in [-0.3, -0.25) is 4.79 Å². The van der Waals surface area contributed by atoms with Gasteiger partial charge in [-0.1, -0.05) is 0 Å². The van der Waals surface area contributed by atoms with Gasteiger partial charge in [0.15, 0.2) is 9.84 Å². The highest BCUT2D eigenvalue weighted by molar-refractivity contribution is 9.10. The number of hydrogen-bond acceptors (Lipinski definition) is 3. The highest BCUT2D eigenvalue weighted by Crippen LogP contribution is 2.23. The van der Waals surface area contributed by atoms with E-state index in [1.807, 2.05) is 0 Å². The molecule has 4 nitrogen and oxygen atoms in total. The smallest absolute Gasteiger partial charge is 0.242 e. The van der Waals surface area contributed by atoms with Gasteiger partial charge in [0, 0.05) is 10.7 Å². The molecule has 0 saturated heterocycles. The summed E-state index contributed by atoms with van der Waals surface area (Å²) in [6, 6.07) is 3.76. The first-order chi connectivity index (χ1) is 7.71. The standard InChI is InChI=1S/C10H11BrFNO3S/c1-6(17(2,15)16)10(14)13-9-5-7(12)3-4-8(9)11/h3-6H,1-2H3,(H,13,14). The van der Waals surface area contributed by atoms with E-state index in [0.29, 0.717) is 4.47 Å². The van der Waals surface area contributed by atoms with Crippen molar-refractivity contribution in [3.63, 3.8) is 0 Å². The Balaban J connectivity index is 2.92. The maximum atomic E-state index is 12.9. The Morgan fingerprint density at radius 3 is 2.59 bits per heavy atom. The molecule has 0 aromatic heterocycles. The quantitative estimate of drug-likeness (QED) is 0.924. The first kappa shape index (κ1) is 14.1. The maximum absolute atomic E-state index is 12.9. The fourth-order valence-electron chi connectivity index (χ4n) is 1.02. The predicted octanol–water partition coefficient (Wildman–Crippen LogP) is 1.96. The molecule has 1 amide bonds. The first-order valence-corrected chi connectivity index (χ1v) is 7.41. The van der Waals surface area contributed by atoms with Crippen LogP contribution in [-0.2, 0) is 14.6 Å². The number of sulfone groups is 1. The van der Waals surface area contributed by atoms with E-state index in [2.05, 4.69) is 21.2 Å². The topological polar surface area (TPSA) is 63.2 Å². The second-order valence-corrected chi connectivity index (χ2v) is 6.81. The van der Waals surface area contributed by atoms with E-state index < -0.39 is 26.8 Å². The van der Waals surface area contributed by atoms with Crippen molar-refractivity contribution in [3.05, 3.63) is 28.5 Å². The number of anilines is 1. The second kappa shape index (κ2) is 5.14. The lowest BCUT2D eigenvalue weighted by Crippen LogP contribution is -2.31. The van der Waals surface area contributed by atoms with Crippen molar-refractivity contribution >= 4 is 37.4 Å². The fourth-order valence-corrected chi connectivity index (χ4v) is 1.82. The van der Waals surface area contributed by atoms with E-state index in [9.17, 15) is 17.6 Å². The number of carbonyl (C=O) groups is 1. The van der Waals surface area contributed by atoms with E-state index in [1.54, 1.807) is 0 Å². The van der Waals surface area contributed by atoms with E-state index >= 15 is 0 Å².